The molecule has 0 aliphatic heterocycles. The fourth-order valence-corrected chi connectivity index (χ4v) is 2.22. The van der Waals surface area contributed by atoms with Gasteiger partial charge in [0.25, 0.3) is 0 Å². The molecular weight excluding hydrogens is 298 g/mol. The normalized spacial score (nSPS) is 11.2. The first kappa shape index (κ1) is 15.0. The summed E-state index contributed by atoms with van der Waals surface area (Å²) in [6, 6.07) is 5.17. The molecule has 18 heavy (non-hydrogen) atoms. The highest BCUT2D eigenvalue weighted by Gasteiger charge is 2.14. The number of hydrogen-bond donors (Lipinski definition) is 2. The fourth-order valence-electron chi connectivity index (χ4n) is 1.81. The zero-order valence-corrected chi connectivity index (χ0v) is 12.1. The van der Waals surface area contributed by atoms with Gasteiger partial charge >= 0.3 is 5.97 Å². The maximum Gasteiger partial charge on any atom is 0.317 e. The summed E-state index contributed by atoms with van der Waals surface area (Å²) in [5.41, 5.74) is 0.728. The summed E-state index contributed by atoms with van der Waals surface area (Å²) >= 11 is 3.34. The Labute approximate surface area is 115 Å². The van der Waals surface area contributed by atoms with Crippen LogP contribution >= 0.6 is 15.9 Å². The zero-order valence-electron chi connectivity index (χ0n) is 10.6. The number of nitrogens with zero attached hydrogens (tertiary/aromatic N) is 1. The third-order valence-electron chi connectivity index (χ3n) is 2.42. The summed E-state index contributed by atoms with van der Waals surface area (Å²) in [6.45, 7) is 5.16. The molecule has 0 aromatic heterocycles. The third kappa shape index (κ3) is 5.06. The SMILES string of the molecule is CC(C)CN(CC(=O)O)Cc1cc(Br)ccc1O. The van der Waals surface area contributed by atoms with Crippen molar-refractivity contribution in [2.24, 2.45) is 5.92 Å². The predicted molar refractivity (Wildman–Crippen MR) is 73.6 cm³/mol. The first-order chi connectivity index (χ1) is 8.38. The van der Waals surface area contributed by atoms with Gasteiger partial charge in [0, 0.05) is 23.1 Å². The molecule has 0 bridgehead atoms. The smallest absolute Gasteiger partial charge is 0.317 e. The number of carboxylic acid groups (broad SMARTS) is 1. The standard InChI is InChI=1S/C13H18BrNO3/c1-9(2)6-15(8-13(17)18)7-10-5-11(14)3-4-12(10)16/h3-5,9,16H,6-8H2,1-2H3,(H,17,18). The van der Waals surface area contributed by atoms with Crippen LogP contribution in [0.1, 0.15) is 19.4 Å². The number of carbonyl (C=O) groups is 1. The molecule has 1 aromatic rings. The quantitative estimate of drug-likeness (QED) is 0.847. The lowest BCUT2D eigenvalue weighted by Crippen LogP contribution is -2.32. The van der Waals surface area contributed by atoms with Crippen LogP contribution in [0.4, 0.5) is 0 Å². The van der Waals surface area contributed by atoms with Gasteiger partial charge in [0.05, 0.1) is 6.54 Å². The van der Waals surface area contributed by atoms with E-state index in [0.717, 1.165) is 10.0 Å². The van der Waals surface area contributed by atoms with Crippen molar-refractivity contribution in [2.45, 2.75) is 20.4 Å². The van der Waals surface area contributed by atoms with Gasteiger partial charge in [0.1, 0.15) is 5.75 Å². The Hall–Kier alpha value is -1.07. The van der Waals surface area contributed by atoms with Gasteiger partial charge < -0.3 is 10.2 Å². The molecule has 0 saturated carbocycles. The van der Waals surface area contributed by atoms with E-state index in [4.69, 9.17) is 5.11 Å². The highest BCUT2D eigenvalue weighted by atomic mass is 79.9. The van der Waals surface area contributed by atoms with Crippen LogP contribution in [0.3, 0.4) is 0 Å². The van der Waals surface area contributed by atoms with Crippen molar-refractivity contribution in [3.63, 3.8) is 0 Å². The van der Waals surface area contributed by atoms with Crippen molar-refractivity contribution in [3.8, 4) is 5.75 Å². The van der Waals surface area contributed by atoms with E-state index in [1.54, 1.807) is 12.1 Å². The van der Waals surface area contributed by atoms with E-state index in [1.807, 2.05) is 24.8 Å². The molecule has 100 valence electrons. The number of phenolic OH excluding ortho intramolecular Hbond substituents is 1. The van der Waals surface area contributed by atoms with Gasteiger partial charge in [-0.05, 0) is 24.1 Å². The molecule has 0 atom stereocenters. The van der Waals surface area contributed by atoms with Gasteiger partial charge in [0.15, 0.2) is 0 Å². The molecule has 0 saturated heterocycles. The Bertz CT molecular complexity index is 421. The maximum atomic E-state index is 10.8. The number of aliphatic carboxylic acids is 1. The van der Waals surface area contributed by atoms with Gasteiger partial charge in [-0.2, -0.15) is 0 Å². The highest BCUT2D eigenvalue weighted by molar-refractivity contribution is 9.10. The number of aromatic hydroxyl groups is 1. The number of halogens is 1. The molecule has 0 spiro atoms. The minimum Gasteiger partial charge on any atom is -0.508 e. The van der Waals surface area contributed by atoms with Crippen molar-refractivity contribution >= 4 is 21.9 Å². The van der Waals surface area contributed by atoms with Crippen LogP contribution < -0.4 is 0 Å². The lowest BCUT2D eigenvalue weighted by molar-refractivity contribution is -0.138. The Kier molecular flexibility index (Phi) is 5.62. The molecule has 1 aromatic carbocycles. The number of hydrogen-bond acceptors (Lipinski definition) is 3. The van der Waals surface area contributed by atoms with Crippen molar-refractivity contribution in [2.75, 3.05) is 13.1 Å². The number of phenols is 1. The summed E-state index contributed by atoms with van der Waals surface area (Å²) < 4.78 is 0.870. The summed E-state index contributed by atoms with van der Waals surface area (Å²) in [5.74, 6) is -0.291. The largest absolute Gasteiger partial charge is 0.508 e. The molecule has 0 fully saturated rings. The van der Waals surface area contributed by atoms with Gasteiger partial charge in [-0.1, -0.05) is 29.8 Å². The van der Waals surface area contributed by atoms with Crippen molar-refractivity contribution < 1.29 is 15.0 Å². The van der Waals surface area contributed by atoms with Crippen LogP contribution in [0.5, 0.6) is 5.75 Å². The fraction of sp³-hybridized carbons (Fsp3) is 0.462. The minimum atomic E-state index is -0.856. The van der Waals surface area contributed by atoms with E-state index in [0.29, 0.717) is 19.0 Å². The summed E-state index contributed by atoms with van der Waals surface area (Å²) in [4.78, 5) is 12.6. The zero-order chi connectivity index (χ0) is 13.7. The molecule has 0 aliphatic rings. The van der Waals surface area contributed by atoms with Gasteiger partial charge in [0.2, 0.25) is 0 Å². The second-order valence-electron chi connectivity index (χ2n) is 4.73. The maximum absolute atomic E-state index is 10.8. The summed E-state index contributed by atoms with van der Waals surface area (Å²) in [6.07, 6.45) is 0. The Morgan fingerprint density at radius 1 is 1.44 bits per heavy atom. The second kappa shape index (κ2) is 6.75. The summed E-state index contributed by atoms with van der Waals surface area (Å²) in [5, 5.41) is 18.6. The molecule has 0 heterocycles. The first-order valence-electron chi connectivity index (χ1n) is 5.80. The predicted octanol–water partition coefficient (Wildman–Crippen LogP) is 2.70. The van der Waals surface area contributed by atoms with Gasteiger partial charge in [-0.25, -0.2) is 0 Å². The number of benzene rings is 1. The summed E-state index contributed by atoms with van der Waals surface area (Å²) in [7, 11) is 0. The molecule has 0 unspecified atom stereocenters. The number of rotatable bonds is 6. The Morgan fingerprint density at radius 3 is 2.67 bits per heavy atom. The average molecular weight is 316 g/mol. The lowest BCUT2D eigenvalue weighted by atomic mass is 10.1. The molecule has 2 N–H and O–H groups in total. The van der Waals surface area contributed by atoms with Crippen LogP contribution in [0.25, 0.3) is 0 Å². The topological polar surface area (TPSA) is 60.8 Å². The number of carboxylic acids is 1. The average Bonchev–Trinajstić information content (AvgIpc) is 2.21. The lowest BCUT2D eigenvalue weighted by Gasteiger charge is -2.22. The molecule has 5 heteroatoms. The van der Waals surface area contributed by atoms with E-state index >= 15 is 0 Å². The second-order valence-corrected chi connectivity index (χ2v) is 5.65. The molecular formula is C13H18BrNO3. The van der Waals surface area contributed by atoms with E-state index in [-0.39, 0.29) is 12.3 Å². The van der Waals surface area contributed by atoms with Crippen molar-refractivity contribution in [3.05, 3.63) is 28.2 Å². The third-order valence-corrected chi connectivity index (χ3v) is 2.91. The van der Waals surface area contributed by atoms with E-state index < -0.39 is 5.97 Å². The van der Waals surface area contributed by atoms with Crippen LogP contribution in [0.15, 0.2) is 22.7 Å². The minimum absolute atomic E-state index is 0.0237. The monoisotopic (exact) mass is 315 g/mol. The molecule has 0 amide bonds. The van der Waals surface area contributed by atoms with E-state index in [9.17, 15) is 9.90 Å². The van der Waals surface area contributed by atoms with Crippen LogP contribution in [0, 0.1) is 5.92 Å². The Balaban J connectivity index is 2.81. The van der Waals surface area contributed by atoms with E-state index in [2.05, 4.69) is 15.9 Å². The van der Waals surface area contributed by atoms with Gasteiger partial charge in [-0.15, -0.1) is 0 Å². The van der Waals surface area contributed by atoms with Gasteiger partial charge in [-0.3, -0.25) is 9.69 Å². The first-order valence-corrected chi connectivity index (χ1v) is 6.59. The van der Waals surface area contributed by atoms with E-state index in [1.165, 1.54) is 0 Å². The Morgan fingerprint density at radius 2 is 2.11 bits per heavy atom. The van der Waals surface area contributed by atoms with Crippen LogP contribution in [-0.4, -0.2) is 34.2 Å². The molecule has 1 rings (SSSR count). The highest BCUT2D eigenvalue weighted by Crippen LogP contribution is 2.23. The van der Waals surface area contributed by atoms with Crippen LogP contribution in [0.2, 0.25) is 0 Å². The molecule has 4 nitrogen and oxygen atoms in total. The molecule has 0 radical (unpaired) electrons. The van der Waals surface area contributed by atoms with Crippen molar-refractivity contribution in [1.29, 1.82) is 0 Å². The molecule has 0 aliphatic carbocycles. The van der Waals surface area contributed by atoms with Crippen LogP contribution in [-0.2, 0) is 11.3 Å². The van der Waals surface area contributed by atoms with Crippen molar-refractivity contribution in [1.82, 2.24) is 4.90 Å².